The fourth-order valence-electron chi connectivity index (χ4n) is 2.88. The van der Waals surface area contributed by atoms with Gasteiger partial charge < -0.3 is 19.7 Å². The Morgan fingerprint density at radius 2 is 1.74 bits per heavy atom. The van der Waals surface area contributed by atoms with Gasteiger partial charge in [0.1, 0.15) is 0 Å². The molecule has 0 atom stereocenters. The van der Waals surface area contributed by atoms with Crippen LogP contribution < -0.4 is 10.2 Å². The minimum atomic E-state index is 0.0172. The molecule has 0 saturated carbocycles. The number of anilines is 2. The Morgan fingerprint density at radius 3 is 2.35 bits per heavy atom. The predicted molar refractivity (Wildman–Crippen MR) is 93.9 cm³/mol. The summed E-state index contributed by atoms with van der Waals surface area (Å²) < 4.78 is 1.95. The quantitative estimate of drug-likeness (QED) is 0.938. The Labute approximate surface area is 137 Å². The number of likely N-dealkylation sites (N-methyl/N-ethyl adjacent to an activating group) is 1. The lowest BCUT2D eigenvalue weighted by molar-refractivity contribution is -0.115. The van der Waals surface area contributed by atoms with Gasteiger partial charge in [-0.15, -0.1) is 0 Å². The molecule has 1 aliphatic heterocycles. The summed E-state index contributed by atoms with van der Waals surface area (Å²) in [5, 5.41) is 2.96. The summed E-state index contributed by atoms with van der Waals surface area (Å²) in [6.07, 6.45) is 4.32. The van der Waals surface area contributed by atoms with E-state index in [4.69, 9.17) is 0 Å². The van der Waals surface area contributed by atoms with Crippen LogP contribution in [0.4, 0.5) is 11.4 Å². The van der Waals surface area contributed by atoms with Gasteiger partial charge in [0.05, 0.1) is 6.42 Å². The van der Waals surface area contributed by atoms with Crippen LogP contribution in [0, 0.1) is 0 Å². The van der Waals surface area contributed by atoms with E-state index in [-0.39, 0.29) is 5.91 Å². The smallest absolute Gasteiger partial charge is 0.228 e. The Balaban J connectivity index is 1.55. The van der Waals surface area contributed by atoms with E-state index in [0.717, 1.165) is 37.4 Å². The first kappa shape index (κ1) is 15.6. The van der Waals surface area contributed by atoms with Gasteiger partial charge in [-0.1, -0.05) is 0 Å². The van der Waals surface area contributed by atoms with Gasteiger partial charge in [0.15, 0.2) is 0 Å². The number of hydrogen-bond acceptors (Lipinski definition) is 3. The number of rotatable bonds is 4. The normalized spacial score (nSPS) is 15.7. The van der Waals surface area contributed by atoms with Crippen molar-refractivity contribution in [1.29, 1.82) is 0 Å². The van der Waals surface area contributed by atoms with Crippen molar-refractivity contribution in [3.8, 4) is 0 Å². The van der Waals surface area contributed by atoms with Crippen LogP contribution in [0.2, 0.25) is 0 Å². The van der Waals surface area contributed by atoms with Gasteiger partial charge in [0, 0.05) is 57.0 Å². The molecule has 122 valence electrons. The number of piperazine rings is 1. The molecule has 0 unspecified atom stereocenters. The topological polar surface area (TPSA) is 40.5 Å². The largest absolute Gasteiger partial charge is 0.369 e. The van der Waals surface area contributed by atoms with Gasteiger partial charge >= 0.3 is 0 Å². The van der Waals surface area contributed by atoms with Crippen molar-refractivity contribution in [3.63, 3.8) is 0 Å². The summed E-state index contributed by atoms with van der Waals surface area (Å²) in [5.74, 6) is 0.0172. The molecule has 1 aromatic heterocycles. The zero-order valence-electron chi connectivity index (χ0n) is 13.8. The number of hydrogen-bond donors (Lipinski definition) is 1. The number of carbonyl (C=O) groups excluding carboxylic acids is 1. The van der Waals surface area contributed by atoms with Crippen molar-refractivity contribution >= 4 is 17.3 Å². The number of nitrogens with one attached hydrogen (secondary N) is 1. The van der Waals surface area contributed by atoms with Gasteiger partial charge in [0.2, 0.25) is 5.91 Å². The van der Waals surface area contributed by atoms with Crippen LogP contribution in [0.25, 0.3) is 0 Å². The third-order valence-corrected chi connectivity index (χ3v) is 4.28. The first-order valence-corrected chi connectivity index (χ1v) is 8.04. The van der Waals surface area contributed by atoms with Crippen LogP contribution in [0.1, 0.15) is 5.56 Å². The highest BCUT2D eigenvalue weighted by Crippen LogP contribution is 2.19. The molecule has 1 amide bonds. The van der Waals surface area contributed by atoms with Crippen LogP contribution in [0.3, 0.4) is 0 Å². The van der Waals surface area contributed by atoms with Gasteiger partial charge in [0.25, 0.3) is 0 Å². The lowest BCUT2D eigenvalue weighted by Gasteiger charge is -2.34. The van der Waals surface area contributed by atoms with Crippen LogP contribution >= 0.6 is 0 Å². The van der Waals surface area contributed by atoms with Crippen LogP contribution in [0.5, 0.6) is 0 Å². The molecule has 5 heteroatoms. The molecule has 0 radical (unpaired) electrons. The van der Waals surface area contributed by atoms with Crippen LogP contribution in [0.15, 0.2) is 42.7 Å². The Hall–Kier alpha value is -2.27. The molecule has 1 aliphatic rings. The summed E-state index contributed by atoms with van der Waals surface area (Å²) in [6.45, 7) is 4.29. The van der Waals surface area contributed by atoms with Crippen molar-refractivity contribution in [2.75, 3.05) is 43.4 Å². The maximum Gasteiger partial charge on any atom is 0.228 e. The van der Waals surface area contributed by atoms with Crippen LogP contribution in [-0.2, 0) is 18.3 Å². The van der Waals surface area contributed by atoms with E-state index in [1.54, 1.807) is 0 Å². The number of carbonyl (C=O) groups is 1. The van der Waals surface area contributed by atoms with E-state index < -0.39 is 0 Å². The summed E-state index contributed by atoms with van der Waals surface area (Å²) in [4.78, 5) is 16.8. The van der Waals surface area contributed by atoms with E-state index in [1.807, 2.05) is 42.2 Å². The van der Waals surface area contributed by atoms with E-state index >= 15 is 0 Å². The third-order valence-electron chi connectivity index (χ3n) is 4.28. The highest BCUT2D eigenvalue weighted by atomic mass is 16.1. The Bertz CT molecular complexity index is 654. The molecule has 1 aromatic carbocycles. The van der Waals surface area contributed by atoms with Crippen LogP contribution in [-0.4, -0.2) is 48.6 Å². The predicted octanol–water partition coefficient (Wildman–Crippen LogP) is 1.96. The SMILES string of the molecule is CN1CCN(c2ccc(NC(=O)Cc3ccn(C)c3)cc2)CC1. The maximum absolute atomic E-state index is 12.1. The van der Waals surface area contributed by atoms with Gasteiger partial charge in [-0.25, -0.2) is 0 Å². The molecule has 3 rings (SSSR count). The fraction of sp³-hybridized carbons (Fsp3) is 0.389. The number of aryl methyl sites for hydroxylation is 1. The highest BCUT2D eigenvalue weighted by molar-refractivity contribution is 5.92. The van der Waals surface area contributed by atoms with Crippen molar-refractivity contribution < 1.29 is 4.79 Å². The van der Waals surface area contributed by atoms with Gasteiger partial charge in [-0.3, -0.25) is 4.79 Å². The first-order valence-electron chi connectivity index (χ1n) is 8.04. The van der Waals surface area contributed by atoms with Crippen molar-refractivity contribution in [1.82, 2.24) is 9.47 Å². The summed E-state index contributed by atoms with van der Waals surface area (Å²) in [5.41, 5.74) is 3.10. The first-order chi connectivity index (χ1) is 11.1. The zero-order chi connectivity index (χ0) is 16.2. The van der Waals surface area contributed by atoms with E-state index in [0.29, 0.717) is 6.42 Å². The molecule has 1 fully saturated rings. The lowest BCUT2D eigenvalue weighted by atomic mass is 10.2. The molecular formula is C18H24N4O. The summed E-state index contributed by atoms with van der Waals surface area (Å²) >= 11 is 0. The van der Waals surface area contributed by atoms with Crippen molar-refractivity contribution in [2.24, 2.45) is 7.05 Å². The fourth-order valence-corrected chi connectivity index (χ4v) is 2.88. The molecule has 0 bridgehead atoms. The van der Waals surface area contributed by atoms with Gasteiger partial charge in [-0.2, -0.15) is 0 Å². The monoisotopic (exact) mass is 312 g/mol. The molecule has 0 aliphatic carbocycles. The number of nitrogens with zero attached hydrogens (tertiary/aromatic N) is 3. The third kappa shape index (κ3) is 4.13. The summed E-state index contributed by atoms with van der Waals surface area (Å²) in [6, 6.07) is 10.1. The molecule has 5 nitrogen and oxygen atoms in total. The second-order valence-electron chi connectivity index (χ2n) is 6.25. The molecule has 0 spiro atoms. The second kappa shape index (κ2) is 6.87. The van der Waals surface area contributed by atoms with Gasteiger partial charge in [-0.05, 0) is 42.9 Å². The molecule has 1 N–H and O–H groups in total. The highest BCUT2D eigenvalue weighted by Gasteiger charge is 2.14. The Morgan fingerprint density at radius 1 is 1.04 bits per heavy atom. The molecule has 1 saturated heterocycles. The zero-order valence-corrected chi connectivity index (χ0v) is 13.8. The maximum atomic E-state index is 12.1. The molecular weight excluding hydrogens is 288 g/mol. The van der Waals surface area contributed by atoms with Crippen molar-refractivity contribution in [3.05, 3.63) is 48.3 Å². The minimum absolute atomic E-state index is 0.0172. The van der Waals surface area contributed by atoms with Crippen molar-refractivity contribution in [2.45, 2.75) is 6.42 Å². The summed E-state index contributed by atoms with van der Waals surface area (Å²) in [7, 11) is 4.11. The lowest BCUT2D eigenvalue weighted by Crippen LogP contribution is -2.44. The standard InChI is InChI=1S/C18H24N4O/c1-20-9-11-22(12-10-20)17-5-3-16(4-6-17)19-18(23)13-15-7-8-21(2)14-15/h3-8,14H,9-13H2,1-2H3,(H,19,23). The number of aromatic nitrogens is 1. The number of amides is 1. The van der Waals surface area contributed by atoms with E-state index in [1.165, 1.54) is 5.69 Å². The average molecular weight is 312 g/mol. The van der Waals surface area contributed by atoms with E-state index in [9.17, 15) is 4.79 Å². The molecule has 23 heavy (non-hydrogen) atoms. The average Bonchev–Trinajstić information content (AvgIpc) is 2.94. The van der Waals surface area contributed by atoms with E-state index in [2.05, 4.69) is 34.3 Å². The second-order valence-corrected chi connectivity index (χ2v) is 6.25. The Kier molecular flexibility index (Phi) is 4.67. The molecule has 2 heterocycles. The minimum Gasteiger partial charge on any atom is -0.369 e. The number of benzene rings is 1. The molecule has 2 aromatic rings.